The molecule has 1 aromatic heterocycles. The molecule has 0 unspecified atom stereocenters. The lowest BCUT2D eigenvalue weighted by Crippen LogP contribution is -2.37. The highest BCUT2D eigenvalue weighted by molar-refractivity contribution is 6.88. The molecule has 0 radical (unpaired) electrons. The first-order valence-corrected chi connectivity index (χ1v) is 12.2. The summed E-state index contributed by atoms with van der Waals surface area (Å²) in [6, 6.07) is 19.3. The van der Waals surface area contributed by atoms with Gasteiger partial charge in [-0.05, 0) is 41.2 Å². The fraction of sp³-hybridized carbons (Fsp3) is 0.174. The van der Waals surface area contributed by atoms with E-state index in [1.54, 1.807) is 0 Å². The lowest BCUT2D eigenvalue weighted by Gasteiger charge is -2.17. The Morgan fingerprint density at radius 3 is 2.40 bits per heavy atom. The number of pyridine rings is 1. The summed E-state index contributed by atoms with van der Waals surface area (Å²) in [5.41, 5.74) is 4.33. The maximum Gasteiger partial charge on any atom is 0.0776 e. The first kappa shape index (κ1) is 17.4. The molecule has 3 aromatic rings. The molecule has 0 saturated carbocycles. The zero-order valence-electron chi connectivity index (χ0n) is 15.5. The Morgan fingerprint density at radius 2 is 1.72 bits per heavy atom. The SMILES string of the molecule is C=C(/C=C(\C)c1ccccc1)c1nccc2cc([Si](C)(C)C)ccc12. The second-order valence-corrected chi connectivity index (χ2v) is 12.6. The molecule has 1 heterocycles. The number of hydrogen-bond acceptors (Lipinski definition) is 1. The topological polar surface area (TPSA) is 12.9 Å². The average molecular weight is 344 g/mol. The minimum absolute atomic E-state index is 0.952. The zero-order valence-corrected chi connectivity index (χ0v) is 16.5. The fourth-order valence-electron chi connectivity index (χ4n) is 3.01. The summed E-state index contributed by atoms with van der Waals surface area (Å²) in [7, 11) is -1.32. The third-order valence-corrected chi connectivity index (χ3v) is 6.60. The van der Waals surface area contributed by atoms with Crippen molar-refractivity contribution in [3.05, 3.63) is 84.7 Å². The monoisotopic (exact) mass is 343 g/mol. The van der Waals surface area contributed by atoms with E-state index in [2.05, 4.69) is 92.7 Å². The summed E-state index contributed by atoms with van der Waals surface area (Å²) in [5.74, 6) is 0. The molecule has 0 aliphatic heterocycles. The van der Waals surface area contributed by atoms with E-state index in [1.165, 1.54) is 27.1 Å². The van der Waals surface area contributed by atoms with Crippen LogP contribution in [0.5, 0.6) is 0 Å². The van der Waals surface area contributed by atoms with Crippen molar-refractivity contribution in [3.63, 3.8) is 0 Å². The fourth-order valence-corrected chi connectivity index (χ4v) is 4.19. The van der Waals surface area contributed by atoms with E-state index in [0.717, 1.165) is 11.3 Å². The van der Waals surface area contributed by atoms with Crippen LogP contribution in [0.25, 0.3) is 21.9 Å². The van der Waals surface area contributed by atoms with Gasteiger partial charge in [0.25, 0.3) is 0 Å². The number of rotatable bonds is 4. The summed E-state index contributed by atoms with van der Waals surface area (Å²) in [5, 5.41) is 3.89. The van der Waals surface area contributed by atoms with Gasteiger partial charge in [-0.2, -0.15) is 0 Å². The predicted molar refractivity (Wildman–Crippen MR) is 114 cm³/mol. The van der Waals surface area contributed by atoms with Crippen molar-refractivity contribution in [3.8, 4) is 0 Å². The molecule has 126 valence electrons. The quantitative estimate of drug-likeness (QED) is 0.425. The van der Waals surface area contributed by atoms with Crippen LogP contribution in [0.15, 0.2) is 73.4 Å². The molecule has 3 rings (SSSR count). The van der Waals surface area contributed by atoms with E-state index < -0.39 is 8.07 Å². The molecule has 0 fully saturated rings. The number of fused-ring (bicyclic) bond motifs is 1. The molecule has 0 spiro atoms. The maximum absolute atomic E-state index is 4.61. The molecule has 2 aromatic carbocycles. The Morgan fingerprint density at radius 1 is 1.00 bits per heavy atom. The molecule has 0 aliphatic carbocycles. The van der Waals surface area contributed by atoms with Gasteiger partial charge < -0.3 is 0 Å². The van der Waals surface area contributed by atoms with Crippen molar-refractivity contribution in [1.82, 2.24) is 4.98 Å². The summed E-state index contributed by atoms with van der Waals surface area (Å²) in [6.07, 6.45) is 4.02. The third-order valence-electron chi connectivity index (χ3n) is 4.55. The van der Waals surface area contributed by atoms with Gasteiger partial charge in [-0.1, -0.05) is 79.9 Å². The van der Waals surface area contributed by atoms with E-state index in [-0.39, 0.29) is 0 Å². The highest BCUT2D eigenvalue weighted by atomic mass is 28.3. The molecule has 0 amide bonds. The van der Waals surface area contributed by atoms with Crippen LogP contribution in [0.3, 0.4) is 0 Å². The molecule has 0 saturated heterocycles. The van der Waals surface area contributed by atoms with Crippen LogP contribution in [0.2, 0.25) is 19.6 Å². The molecule has 0 aliphatic rings. The van der Waals surface area contributed by atoms with Crippen LogP contribution < -0.4 is 5.19 Å². The Balaban J connectivity index is 2.02. The lowest BCUT2D eigenvalue weighted by molar-refractivity contribution is 1.32. The van der Waals surface area contributed by atoms with Crippen molar-refractivity contribution < 1.29 is 0 Å². The highest BCUT2D eigenvalue weighted by Gasteiger charge is 2.17. The van der Waals surface area contributed by atoms with Gasteiger partial charge in [0, 0.05) is 11.6 Å². The van der Waals surface area contributed by atoms with E-state index >= 15 is 0 Å². The van der Waals surface area contributed by atoms with Crippen LogP contribution in [0.4, 0.5) is 0 Å². The Bertz CT molecular complexity index is 947. The Kier molecular flexibility index (Phi) is 4.73. The summed E-state index contributed by atoms with van der Waals surface area (Å²) >= 11 is 0. The number of aromatic nitrogens is 1. The van der Waals surface area contributed by atoms with Gasteiger partial charge in [0.15, 0.2) is 0 Å². The van der Waals surface area contributed by atoms with Crippen LogP contribution in [-0.4, -0.2) is 13.1 Å². The maximum atomic E-state index is 4.61. The van der Waals surface area contributed by atoms with Crippen LogP contribution in [0.1, 0.15) is 18.2 Å². The first-order chi connectivity index (χ1) is 11.9. The lowest BCUT2D eigenvalue weighted by atomic mass is 10.0. The second kappa shape index (κ2) is 6.81. The third kappa shape index (κ3) is 3.80. The van der Waals surface area contributed by atoms with Gasteiger partial charge in [0.2, 0.25) is 0 Å². The minimum Gasteiger partial charge on any atom is -0.256 e. The van der Waals surface area contributed by atoms with Crippen molar-refractivity contribution in [2.24, 2.45) is 0 Å². The van der Waals surface area contributed by atoms with E-state index in [9.17, 15) is 0 Å². The van der Waals surface area contributed by atoms with Gasteiger partial charge in [-0.3, -0.25) is 4.98 Å². The normalized spacial score (nSPS) is 12.4. The molecule has 0 bridgehead atoms. The summed E-state index contributed by atoms with van der Waals surface area (Å²) in [6.45, 7) is 13.5. The van der Waals surface area contributed by atoms with Crippen molar-refractivity contribution >= 4 is 35.2 Å². The molecule has 0 N–H and O–H groups in total. The van der Waals surface area contributed by atoms with Gasteiger partial charge in [0.05, 0.1) is 13.8 Å². The van der Waals surface area contributed by atoms with E-state index in [1.807, 2.05) is 12.3 Å². The number of benzene rings is 2. The van der Waals surface area contributed by atoms with Crippen LogP contribution in [0, 0.1) is 0 Å². The number of allylic oxidation sites excluding steroid dienone is 3. The average Bonchev–Trinajstić information content (AvgIpc) is 2.60. The van der Waals surface area contributed by atoms with Crippen LogP contribution >= 0.6 is 0 Å². The molecule has 2 heteroatoms. The van der Waals surface area contributed by atoms with E-state index in [0.29, 0.717) is 0 Å². The molecule has 25 heavy (non-hydrogen) atoms. The summed E-state index contributed by atoms with van der Waals surface area (Å²) in [4.78, 5) is 4.61. The standard InChI is InChI=1S/C23H25NSi/c1-17(19-9-7-6-8-10-19)15-18(2)23-22-12-11-21(25(3,4)5)16-20(22)13-14-24-23/h6-16H,2H2,1,3-5H3/b17-15+. The Labute approximate surface area is 151 Å². The highest BCUT2D eigenvalue weighted by Crippen LogP contribution is 2.25. The van der Waals surface area contributed by atoms with Crippen LogP contribution in [-0.2, 0) is 0 Å². The molecular formula is C23H25NSi. The van der Waals surface area contributed by atoms with Gasteiger partial charge >= 0.3 is 0 Å². The predicted octanol–water partition coefficient (Wildman–Crippen LogP) is 5.90. The van der Waals surface area contributed by atoms with Gasteiger partial charge in [0.1, 0.15) is 0 Å². The van der Waals surface area contributed by atoms with Gasteiger partial charge in [-0.25, -0.2) is 0 Å². The molecular weight excluding hydrogens is 318 g/mol. The molecule has 1 nitrogen and oxygen atoms in total. The van der Waals surface area contributed by atoms with Crippen molar-refractivity contribution in [2.45, 2.75) is 26.6 Å². The zero-order chi connectivity index (χ0) is 18.0. The van der Waals surface area contributed by atoms with Crippen molar-refractivity contribution in [2.75, 3.05) is 0 Å². The smallest absolute Gasteiger partial charge is 0.0776 e. The molecule has 0 atom stereocenters. The Hall–Kier alpha value is -2.45. The largest absolute Gasteiger partial charge is 0.256 e. The van der Waals surface area contributed by atoms with E-state index in [4.69, 9.17) is 0 Å². The van der Waals surface area contributed by atoms with Gasteiger partial charge in [-0.15, -0.1) is 0 Å². The van der Waals surface area contributed by atoms with Crippen molar-refractivity contribution in [1.29, 1.82) is 0 Å². The summed E-state index contributed by atoms with van der Waals surface area (Å²) < 4.78 is 0. The minimum atomic E-state index is -1.32. The number of nitrogens with zero attached hydrogens (tertiary/aromatic N) is 1. The first-order valence-electron chi connectivity index (χ1n) is 8.68. The second-order valence-electron chi connectivity index (χ2n) is 7.56. The number of hydrogen-bond donors (Lipinski definition) is 0.